The molecule has 1 aromatic rings. The largest absolute Gasteiger partial charge is 0.449 e. The number of hydrogen-bond donors (Lipinski definition) is 0. The summed E-state index contributed by atoms with van der Waals surface area (Å²) < 4.78 is 18.5. The molecule has 0 bridgehead atoms. The lowest BCUT2D eigenvalue weighted by Gasteiger charge is -2.34. The highest BCUT2D eigenvalue weighted by molar-refractivity contribution is 5.90. The summed E-state index contributed by atoms with van der Waals surface area (Å²) in [6.07, 6.45) is 4.02. The maximum absolute atomic E-state index is 13.2. The average molecular weight is 279 g/mol. The maximum atomic E-state index is 13.2. The van der Waals surface area contributed by atoms with Gasteiger partial charge in [-0.3, -0.25) is 4.90 Å². The van der Waals surface area contributed by atoms with E-state index in [0.717, 1.165) is 36.9 Å². The van der Waals surface area contributed by atoms with Crippen LogP contribution >= 0.6 is 0 Å². The van der Waals surface area contributed by atoms with Gasteiger partial charge < -0.3 is 4.74 Å². The zero-order valence-electron chi connectivity index (χ0n) is 12.0. The third kappa shape index (κ3) is 3.30. The third-order valence-corrected chi connectivity index (χ3v) is 3.71. The second-order valence-corrected chi connectivity index (χ2v) is 5.17. The molecule has 0 fully saturated rings. The molecule has 0 aromatic heterocycles. The number of benzene rings is 1. The Balaban J connectivity index is 2.08. The van der Waals surface area contributed by atoms with Gasteiger partial charge in [-0.2, -0.15) is 0 Å². The molecule has 1 aromatic carbocycles. The molecule has 0 saturated heterocycles. The van der Waals surface area contributed by atoms with E-state index in [-0.39, 0.29) is 0 Å². The lowest BCUT2D eigenvalue weighted by atomic mass is 9.97. The Bertz CT molecular complexity index is 450. The van der Waals surface area contributed by atoms with E-state index >= 15 is 0 Å². The molecular formula is C16H22FNO2. The fraction of sp³-hybridized carbons (Fsp3) is 0.562. The number of aryl methyl sites for hydroxylation is 1. The summed E-state index contributed by atoms with van der Waals surface area (Å²) >= 11 is 0. The molecule has 0 aliphatic carbocycles. The first-order chi connectivity index (χ1) is 9.77. The topological polar surface area (TPSA) is 29.5 Å². The Morgan fingerprint density at radius 2 is 2.20 bits per heavy atom. The van der Waals surface area contributed by atoms with Crippen molar-refractivity contribution in [1.29, 1.82) is 0 Å². The van der Waals surface area contributed by atoms with E-state index in [4.69, 9.17) is 4.74 Å². The van der Waals surface area contributed by atoms with E-state index in [9.17, 15) is 9.18 Å². The number of alkyl halides is 1. The Hall–Kier alpha value is -1.58. The van der Waals surface area contributed by atoms with Crippen LogP contribution < -0.4 is 4.90 Å². The number of hydrogen-bond acceptors (Lipinski definition) is 2. The number of carbonyl (C=O) groups excluding carboxylic acids is 1. The van der Waals surface area contributed by atoms with E-state index in [1.807, 2.05) is 24.3 Å². The minimum atomic E-state index is -0.529. The minimum Gasteiger partial charge on any atom is -0.449 e. The summed E-state index contributed by atoms with van der Waals surface area (Å²) in [5.74, 6) is 0. The first-order valence-electron chi connectivity index (χ1n) is 7.37. The highest BCUT2D eigenvalue weighted by atomic mass is 19.1. The lowest BCUT2D eigenvalue weighted by Crippen LogP contribution is -2.45. The van der Waals surface area contributed by atoms with Crippen molar-refractivity contribution in [3.63, 3.8) is 0 Å². The molecule has 1 aliphatic rings. The Kier molecular flexibility index (Phi) is 5.39. The van der Waals surface area contributed by atoms with Gasteiger partial charge in [-0.1, -0.05) is 38.0 Å². The Labute approximate surface area is 119 Å². The molecule has 1 amide bonds. The molecule has 0 saturated carbocycles. The van der Waals surface area contributed by atoms with Crippen LogP contribution in [0.25, 0.3) is 0 Å². The van der Waals surface area contributed by atoms with E-state index in [2.05, 4.69) is 6.92 Å². The van der Waals surface area contributed by atoms with Crippen molar-refractivity contribution in [2.24, 2.45) is 0 Å². The number of fused-ring (bicyclic) bond motifs is 1. The molecule has 20 heavy (non-hydrogen) atoms. The van der Waals surface area contributed by atoms with Crippen molar-refractivity contribution in [3.05, 3.63) is 29.8 Å². The van der Waals surface area contributed by atoms with Crippen LogP contribution in [0.2, 0.25) is 0 Å². The molecule has 110 valence electrons. The number of halogens is 1. The van der Waals surface area contributed by atoms with Crippen molar-refractivity contribution in [1.82, 2.24) is 0 Å². The number of anilines is 1. The number of nitrogens with zero attached hydrogens (tertiary/aromatic N) is 1. The fourth-order valence-corrected chi connectivity index (χ4v) is 2.58. The molecule has 1 atom stereocenters. The zero-order valence-corrected chi connectivity index (χ0v) is 12.0. The van der Waals surface area contributed by atoms with Gasteiger partial charge in [-0.15, -0.1) is 0 Å². The summed E-state index contributed by atoms with van der Waals surface area (Å²) in [4.78, 5) is 13.7. The summed E-state index contributed by atoms with van der Waals surface area (Å²) in [5, 5.41) is 0. The minimum absolute atomic E-state index is 0.399. The van der Waals surface area contributed by atoms with Crippen LogP contribution in [0.15, 0.2) is 24.3 Å². The number of unbranched alkanes of at least 4 members (excludes halogenated alkanes) is 2. The second-order valence-electron chi connectivity index (χ2n) is 5.17. The van der Waals surface area contributed by atoms with Crippen molar-refractivity contribution < 1.29 is 13.9 Å². The van der Waals surface area contributed by atoms with Crippen LogP contribution in [0.3, 0.4) is 0 Å². The van der Waals surface area contributed by atoms with Gasteiger partial charge in [-0.25, -0.2) is 9.18 Å². The first kappa shape index (κ1) is 14.8. The van der Waals surface area contributed by atoms with Crippen molar-refractivity contribution in [2.45, 2.75) is 45.1 Å². The summed E-state index contributed by atoms with van der Waals surface area (Å²) in [6, 6.07) is 7.27. The van der Waals surface area contributed by atoms with Gasteiger partial charge in [0.25, 0.3) is 0 Å². The Morgan fingerprint density at radius 1 is 1.40 bits per heavy atom. The molecular weight excluding hydrogens is 257 g/mol. The molecule has 1 heterocycles. The van der Waals surface area contributed by atoms with Crippen LogP contribution in [0.5, 0.6) is 0 Å². The molecule has 2 rings (SSSR count). The smallest absolute Gasteiger partial charge is 0.414 e. The van der Waals surface area contributed by atoms with Crippen molar-refractivity contribution in [3.8, 4) is 0 Å². The second kappa shape index (κ2) is 7.27. The number of carbonyl (C=O) groups is 1. The van der Waals surface area contributed by atoms with Gasteiger partial charge in [-0.05, 0) is 30.9 Å². The van der Waals surface area contributed by atoms with Gasteiger partial charge in [0.15, 0.2) is 0 Å². The van der Waals surface area contributed by atoms with Crippen LogP contribution in [-0.2, 0) is 11.2 Å². The van der Waals surface area contributed by atoms with Crippen molar-refractivity contribution >= 4 is 11.8 Å². The maximum Gasteiger partial charge on any atom is 0.414 e. The van der Waals surface area contributed by atoms with Crippen LogP contribution in [0.1, 0.15) is 38.2 Å². The number of rotatable bonds is 5. The SMILES string of the molecule is CCCCCOC(=O)N1c2ccccc2CCC1CF. The predicted molar refractivity (Wildman–Crippen MR) is 77.9 cm³/mol. The highest BCUT2D eigenvalue weighted by Gasteiger charge is 2.31. The van der Waals surface area contributed by atoms with E-state index < -0.39 is 18.8 Å². The third-order valence-electron chi connectivity index (χ3n) is 3.71. The van der Waals surface area contributed by atoms with Crippen LogP contribution in [0.4, 0.5) is 14.9 Å². The summed E-state index contributed by atoms with van der Waals surface area (Å²) in [7, 11) is 0. The van der Waals surface area contributed by atoms with E-state index in [1.54, 1.807) is 0 Å². The van der Waals surface area contributed by atoms with Crippen LogP contribution in [-0.4, -0.2) is 25.4 Å². The number of ether oxygens (including phenoxy) is 1. The van der Waals surface area contributed by atoms with Gasteiger partial charge >= 0.3 is 6.09 Å². The van der Waals surface area contributed by atoms with Crippen molar-refractivity contribution in [2.75, 3.05) is 18.2 Å². The van der Waals surface area contributed by atoms with Gasteiger partial charge in [0.1, 0.15) is 6.67 Å². The number of para-hydroxylation sites is 1. The van der Waals surface area contributed by atoms with E-state index in [0.29, 0.717) is 13.0 Å². The quantitative estimate of drug-likeness (QED) is 0.759. The lowest BCUT2D eigenvalue weighted by molar-refractivity contribution is 0.146. The van der Waals surface area contributed by atoms with Gasteiger partial charge in [0.05, 0.1) is 18.3 Å². The molecule has 1 aliphatic heterocycles. The van der Waals surface area contributed by atoms with Gasteiger partial charge in [0.2, 0.25) is 0 Å². The monoisotopic (exact) mass is 279 g/mol. The van der Waals surface area contributed by atoms with E-state index in [1.165, 1.54) is 4.90 Å². The normalized spacial score (nSPS) is 17.7. The molecule has 0 radical (unpaired) electrons. The molecule has 0 spiro atoms. The molecule has 4 heteroatoms. The first-order valence-corrected chi connectivity index (χ1v) is 7.37. The fourth-order valence-electron chi connectivity index (χ4n) is 2.58. The van der Waals surface area contributed by atoms with Crippen LogP contribution in [0, 0.1) is 0 Å². The summed E-state index contributed by atoms with van der Waals surface area (Å²) in [6.45, 7) is 1.98. The summed E-state index contributed by atoms with van der Waals surface area (Å²) in [5.41, 5.74) is 1.88. The number of amides is 1. The molecule has 1 unspecified atom stereocenters. The Morgan fingerprint density at radius 3 is 2.95 bits per heavy atom. The van der Waals surface area contributed by atoms with Gasteiger partial charge in [0, 0.05) is 0 Å². The predicted octanol–water partition coefficient (Wildman–Crippen LogP) is 4.10. The zero-order chi connectivity index (χ0) is 14.4. The standard InChI is InChI=1S/C16H22FNO2/c1-2-3-6-11-20-16(19)18-14(12-17)10-9-13-7-4-5-8-15(13)18/h4-5,7-8,14H,2-3,6,9-12H2,1H3. The average Bonchev–Trinajstić information content (AvgIpc) is 2.50. The molecule has 0 N–H and O–H groups in total. The molecule has 3 nitrogen and oxygen atoms in total. The highest BCUT2D eigenvalue weighted by Crippen LogP contribution is 2.31.